The number of benzene rings is 1. The van der Waals surface area contributed by atoms with Crippen molar-refractivity contribution in [3.63, 3.8) is 0 Å². The van der Waals surface area contributed by atoms with Gasteiger partial charge in [-0.3, -0.25) is 9.59 Å². The number of rotatable bonds is 1. The number of aromatic nitrogens is 1. The van der Waals surface area contributed by atoms with Crippen molar-refractivity contribution in [2.45, 2.75) is 13.8 Å². The van der Waals surface area contributed by atoms with Crippen LogP contribution >= 0.6 is 0 Å². The number of carboxylic acid groups (broad SMARTS) is 1. The monoisotopic (exact) mass is 285 g/mol. The Kier molecular flexibility index (Phi) is 2.69. The summed E-state index contributed by atoms with van der Waals surface area (Å²) in [6, 6.07) is 4.33. The molecule has 21 heavy (non-hydrogen) atoms. The standard InChI is InChI=1S/C15H11NO5/c1-6-3-4-8-12(7(6)2)16-14(18)11-9(17)5-10(15(19)20)21-13(8)11/h3-5H,1-2H3,(H,16,18)(H,19,20). The summed E-state index contributed by atoms with van der Waals surface area (Å²) < 4.78 is 5.27. The van der Waals surface area contributed by atoms with Gasteiger partial charge in [-0.25, -0.2) is 4.79 Å². The lowest BCUT2D eigenvalue weighted by molar-refractivity contribution is 0.0663. The number of carboxylic acids is 1. The normalized spacial score (nSPS) is 11.1. The van der Waals surface area contributed by atoms with Crippen LogP contribution in [0.1, 0.15) is 21.7 Å². The zero-order valence-electron chi connectivity index (χ0n) is 11.3. The first-order valence-electron chi connectivity index (χ1n) is 6.23. The molecular weight excluding hydrogens is 274 g/mol. The number of aromatic carboxylic acids is 1. The topological polar surface area (TPSA) is 100 Å². The maximum absolute atomic E-state index is 12.1. The van der Waals surface area contributed by atoms with Gasteiger partial charge in [0.15, 0.2) is 11.0 Å². The van der Waals surface area contributed by atoms with Gasteiger partial charge in [-0.05, 0) is 31.0 Å². The van der Waals surface area contributed by atoms with Crippen LogP contribution in [0.4, 0.5) is 0 Å². The average molecular weight is 285 g/mol. The number of aromatic amines is 1. The molecule has 0 saturated carbocycles. The molecular formula is C15H11NO5. The quantitative estimate of drug-likeness (QED) is 0.665. The molecule has 0 atom stereocenters. The fourth-order valence-electron chi connectivity index (χ4n) is 2.35. The second-order valence-electron chi connectivity index (χ2n) is 4.87. The molecule has 3 rings (SSSR count). The Labute approximate surface area is 117 Å². The summed E-state index contributed by atoms with van der Waals surface area (Å²) in [6.45, 7) is 3.72. The van der Waals surface area contributed by atoms with Gasteiger partial charge < -0.3 is 14.5 Å². The summed E-state index contributed by atoms with van der Waals surface area (Å²) in [5.41, 5.74) is 1.09. The van der Waals surface area contributed by atoms with Crippen molar-refractivity contribution in [3.8, 4) is 0 Å². The second kappa shape index (κ2) is 4.31. The van der Waals surface area contributed by atoms with Crippen LogP contribution in [0.25, 0.3) is 21.9 Å². The fraction of sp³-hybridized carbons (Fsp3) is 0.133. The van der Waals surface area contributed by atoms with E-state index in [0.717, 1.165) is 17.2 Å². The van der Waals surface area contributed by atoms with Crippen LogP contribution in [0.15, 0.2) is 32.2 Å². The third-order valence-corrected chi connectivity index (χ3v) is 3.60. The van der Waals surface area contributed by atoms with Gasteiger partial charge in [0.25, 0.3) is 5.56 Å². The first kappa shape index (κ1) is 13.1. The van der Waals surface area contributed by atoms with Gasteiger partial charge in [0.2, 0.25) is 5.76 Å². The largest absolute Gasteiger partial charge is 0.475 e. The van der Waals surface area contributed by atoms with Crippen LogP contribution in [0.5, 0.6) is 0 Å². The van der Waals surface area contributed by atoms with Gasteiger partial charge in [-0.1, -0.05) is 6.07 Å². The SMILES string of the molecule is Cc1ccc2c([nH]c(=O)c3c(=O)cc(C(=O)O)oc32)c1C. The lowest BCUT2D eigenvalue weighted by Gasteiger charge is -2.07. The zero-order valence-corrected chi connectivity index (χ0v) is 11.3. The third kappa shape index (κ3) is 1.84. The van der Waals surface area contributed by atoms with Crippen LogP contribution < -0.4 is 11.0 Å². The average Bonchev–Trinajstić information content (AvgIpc) is 2.42. The van der Waals surface area contributed by atoms with Crippen molar-refractivity contribution in [2.24, 2.45) is 0 Å². The maximum Gasteiger partial charge on any atom is 0.371 e. The number of hydrogen-bond acceptors (Lipinski definition) is 4. The molecule has 0 unspecified atom stereocenters. The summed E-state index contributed by atoms with van der Waals surface area (Å²) in [6.07, 6.45) is 0. The highest BCUT2D eigenvalue weighted by Crippen LogP contribution is 2.24. The van der Waals surface area contributed by atoms with E-state index in [1.54, 1.807) is 6.07 Å². The molecule has 2 heterocycles. The number of pyridine rings is 1. The molecule has 0 bridgehead atoms. The van der Waals surface area contributed by atoms with E-state index in [4.69, 9.17) is 9.52 Å². The van der Waals surface area contributed by atoms with Gasteiger partial charge in [0.1, 0.15) is 5.39 Å². The highest BCUT2D eigenvalue weighted by atomic mass is 16.4. The van der Waals surface area contributed by atoms with E-state index in [-0.39, 0.29) is 11.0 Å². The van der Waals surface area contributed by atoms with Crippen molar-refractivity contribution in [1.82, 2.24) is 4.98 Å². The molecule has 3 aromatic rings. The second-order valence-corrected chi connectivity index (χ2v) is 4.87. The van der Waals surface area contributed by atoms with Crippen molar-refractivity contribution in [2.75, 3.05) is 0 Å². The van der Waals surface area contributed by atoms with E-state index in [2.05, 4.69) is 4.98 Å². The first-order chi connectivity index (χ1) is 9.90. The minimum atomic E-state index is -1.36. The van der Waals surface area contributed by atoms with Gasteiger partial charge in [-0.15, -0.1) is 0 Å². The lowest BCUT2D eigenvalue weighted by Crippen LogP contribution is -2.17. The summed E-state index contributed by atoms with van der Waals surface area (Å²) in [5.74, 6) is -1.84. The molecule has 0 aliphatic rings. The third-order valence-electron chi connectivity index (χ3n) is 3.60. The molecule has 1 aromatic carbocycles. The predicted molar refractivity (Wildman–Crippen MR) is 77.0 cm³/mol. The van der Waals surface area contributed by atoms with Gasteiger partial charge in [0.05, 0.1) is 5.52 Å². The fourth-order valence-corrected chi connectivity index (χ4v) is 2.35. The molecule has 2 N–H and O–H groups in total. The summed E-state index contributed by atoms with van der Waals surface area (Å²) in [7, 11) is 0. The molecule has 0 spiro atoms. The molecule has 0 aliphatic heterocycles. The number of nitrogens with one attached hydrogen (secondary N) is 1. The van der Waals surface area contributed by atoms with Crippen LogP contribution in [0, 0.1) is 13.8 Å². The molecule has 6 nitrogen and oxygen atoms in total. The Balaban J connectivity index is 2.66. The Morgan fingerprint density at radius 2 is 1.95 bits per heavy atom. The van der Waals surface area contributed by atoms with Crippen LogP contribution in [-0.2, 0) is 0 Å². The number of hydrogen-bond donors (Lipinski definition) is 2. The Bertz CT molecular complexity index is 1030. The number of aryl methyl sites for hydroxylation is 2. The minimum absolute atomic E-state index is 0.00162. The maximum atomic E-state index is 12.1. The van der Waals surface area contributed by atoms with Crippen molar-refractivity contribution in [1.29, 1.82) is 0 Å². The molecule has 0 fully saturated rings. The molecule has 0 saturated heterocycles. The first-order valence-corrected chi connectivity index (χ1v) is 6.23. The highest BCUT2D eigenvalue weighted by molar-refractivity contribution is 6.03. The van der Waals surface area contributed by atoms with Crippen molar-refractivity contribution >= 4 is 27.8 Å². The minimum Gasteiger partial charge on any atom is -0.475 e. The number of carbonyl (C=O) groups is 1. The van der Waals surface area contributed by atoms with Crippen molar-refractivity contribution in [3.05, 3.63) is 55.7 Å². The van der Waals surface area contributed by atoms with E-state index in [1.807, 2.05) is 19.9 Å². The van der Waals surface area contributed by atoms with Gasteiger partial charge in [0, 0.05) is 11.5 Å². The summed E-state index contributed by atoms with van der Waals surface area (Å²) in [5, 5.41) is 9.33. The molecule has 0 aliphatic carbocycles. The van der Waals surface area contributed by atoms with E-state index in [0.29, 0.717) is 10.9 Å². The predicted octanol–water partition coefficient (Wildman–Crippen LogP) is 1.95. The Morgan fingerprint density at radius 1 is 1.24 bits per heavy atom. The van der Waals surface area contributed by atoms with E-state index < -0.39 is 22.7 Å². The Hall–Kier alpha value is -2.89. The Morgan fingerprint density at radius 3 is 2.62 bits per heavy atom. The number of fused-ring (bicyclic) bond motifs is 3. The number of H-pyrrole nitrogens is 1. The van der Waals surface area contributed by atoms with Crippen molar-refractivity contribution < 1.29 is 14.3 Å². The summed E-state index contributed by atoms with van der Waals surface area (Å²) in [4.78, 5) is 37.8. The van der Waals surface area contributed by atoms with Crippen LogP contribution in [-0.4, -0.2) is 16.1 Å². The lowest BCUT2D eigenvalue weighted by atomic mass is 10.0. The molecule has 0 amide bonds. The molecule has 106 valence electrons. The van der Waals surface area contributed by atoms with Gasteiger partial charge in [-0.2, -0.15) is 0 Å². The molecule has 0 radical (unpaired) electrons. The van der Waals surface area contributed by atoms with E-state index in [1.165, 1.54) is 0 Å². The van der Waals surface area contributed by atoms with Crippen LogP contribution in [0.2, 0.25) is 0 Å². The van der Waals surface area contributed by atoms with E-state index >= 15 is 0 Å². The van der Waals surface area contributed by atoms with Gasteiger partial charge >= 0.3 is 5.97 Å². The molecule has 6 heteroatoms. The smallest absolute Gasteiger partial charge is 0.371 e. The molecule has 2 aromatic heterocycles. The zero-order chi connectivity index (χ0) is 15.3. The van der Waals surface area contributed by atoms with Crippen LogP contribution in [0.3, 0.4) is 0 Å². The van der Waals surface area contributed by atoms with E-state index in [9.17, 15) is 14.4 Å². The summed E-state index contributed by atoms with van der Waals surface area (Å²) >= 11 is 0. The highest BCUT2D eigenvalue weighted by Gasteiger charge is 2.17.